The maximum absolute atomic E-state index is 12.1. The van der Waals surface area contributed by atoms with E-state index in [-0.39, 0.29) is 29.6 Å². The molecule has 2 aromatic carbocycles. The summed E-state index contributed by atoms with van der Waals surface area (Å²) in [5, 5.41) is 0. The minimum absolute atomic E-state index is 0.142. The van der Waals surface area contributed by atoms with Crippen molar-refractivity contribution in [2.45, 2.75) is 39.7 Å². The molecule has 0 spiro atoms. The molecule has 2 atom stereocenters. The van der Waals surface area contributed by atoms with Crippen molar-refractivity contribution >= 4 is 23.9 Å². The van der Waals surface area contributed by atoms with Crippen molar-refractivity contribution in [3.05, 3.63) is 47.5 Å². The lowest BCUT2D eigenvalue weighted by Crippen LogP contribution is -2.23. The number of hydrogen-bond donors (Lipinski definition) is 0. The van der Waals surface area contributed by atoms with Crippen LogP contribution in [0.5, 0.6) is 23.0 Å². The van der Waals surface area contributed by atoms with Crippen LogP contribution >= 0.6 is 0 Å². The number of benzene rings is 2. The molecule has 0 saturated carbocycles. The third-order valence-electron chi connectivity index (χ3n) is 4.76. The van der Waals surface area contributed by atoms with Crippen molar-refractivity contribution in [1.82, 2.24) is 0 Å². The lowest BCUT2D eigenvalue weighted by Gasteiger charge is -2.28. The molecule has 0 bridgehead atoms. The van der Waals surface area contributed by atoms with Gasteiger partial charge in [-0.25, -0.2) is 0 Å². The van der Waals surface area contributed by atoms with Gasteiger partial charge in [-0.2, -0.15) is 0 Å². The molecule has 2 rings (SSSR count). The van der Waals surface area contributed by atoms with Crippen LogP contribution in [0.25, 0.3) is 0 Å². The average molecular weight is 488 g/mol. The summed E-state index contributed by atoms with van der Waals surface area (Å²) in [4.78, 5) is 46.5. The zero-order valence-corrected chi connectivity index (χ0v) is 20.4. The molecule has 10 heteroatoms. The van der Waals surface area contributed by atoms with E-state index in [0.29, 0.717) is 11.1 Å². The number of ether oxygens (including phenoxy) is 6. The van der Waals surface area contributed by atoms with Crippen molar-refractivity contribution in [2.24, 2.45) is 0 Å². The highest BCUT2D eigenvalue weighted by Crippen LogP contribution is 2.41. The van der Waals surface area contributed by atoms with Crippen LogP contribution in [-0.2, 0) is 28.7 Å². The third-order valence-corrected chi connectivity index (χ3v) is 4.76. The summed E-state index contributed by atoms with van der Waals surface area (Å²) in [7, 11) is 2.82. The Labute approximate surface area is 203 Å². The van der Waals surface area contributed by atoms with Gasteiger partial charge in [0.2, 0.25) is 0 Å². The van der Waals surface area contributed by atoms with Gasteiger partial charge in [-0.15, -0.1) is 0 Å². The smallest absolute Gasteiger partial charge is 0.308 e. The molecule has 188 valence electrons. The second kappa shape index (κ2) is 12.4. The van der Waals surface area contributed by atoms with Crippen LogP contribution in [0.15, 0.2) is 36.4 Å². The van der Waals surface area contributed by atoms with E-state index in [1.54, 1.807) is 24.3 Å². The fraction of sp³-hybridized carbons (Fsp3) is 0.360. The van der Waals surface area contributed by atoms with Crippen molar-refractivity contribution in [3.8, 4) is 23.0 Å². The summed E-state index contributed by atoms with van der Waals surface area (Å²) in [5.41, 5.74) is 1.07. The molecular weight excluding hydrogens is 460 g/mol. The second-order valence-corrected chi connectivity index (χ2v) is 7.45. The van der Waals surface area contributed by atoms with Gasteiger partial charge < -0.3 is 28.4 Å². The van der Waals surface area contributed by atoms with Gasteiger partial charge in [-0.1, -0.05) is 12.1 Å². The Morgan fingerprint density at radius 2 is 1.14 bits per heavy atom. The lowest BCUT2D eigenvalue weighted by molar-refractivity contribution is -0.150. The standard InChI is InChI=1S/C25H28O10/c1-14(26)32-13-20(18-7-9-21(33-15(2)27)23(11-18)30-5)25(35-17(4)29)19-8-10-22(34-16(3)28)24(12-19)31-6/h7-12,20,25H,13H2,1-6H3/t20-,25-/m1/s1. The molecule has 0 aliphatic rings. The SMILES string of the molecule is COc1cc([C@@H](COC(C)=O)[C@H](OC(C)=O)c2ccc(OC(C)=O)c(OC)c2)ccc1OC(C)=O. The number of rotatable bonds is 10. The summed E-state index contributed by atoms with van der Waals surface area (Å²) < 4.78 is 32.0. The predicted molar refractivity (Wildman–Crippen MR) is 122 cm³/mol. The van der Waals surface area contributed by atoms with E-state index in [2.05, 4.69) is 0 Å². The van der Waals surface area contributed by atoms with E-state index in [1.165, 1.54) is 54.0 Å². The maximum atomic E-state index is 12.1. The predicted octanol–water partition coefficient (Wildman–Crippen LogP) is 3.51. The summed E-state index contributed by atoms with van der Waals surface area (Å²) in [6, 6.07) is 9.48. The highest BCUT2D eigenvalue weighted by Gasteiger charge is 2.31. The molecule has 10 nitrogen and oxygen atoms in total. The number of methoxy groups -OCH3 is 2. The first-order valence-corrected chi connectivity index (χ1v) is 10.6. The Bertz CT molecular complexity index is 1090. The molecule has 0 heterocycles. The van der Waals surface area contributed by atoms with Crippen LogP contribution in [0.4, 0.5) is 0 Å². The van der Waals surface area contributed by atoms with Crippen LogP contribution in [0.2, 0.25) is 0 Å². The zero-order chi connectivity index (χ0) is 26.1. The summed E-state index contributed by atoms with van der Waals surface area (Å²) in [6.45, 7) is 4.90. The number of carbonyl (C=O) groups is 4. The molecule has 0 fully saturated rings. The van der Waals surface area contributed by atoms with Crippen molar-refractivity contribution in [1.29, 1.82) is 0 Å². The third kappa shape index (κ3) is 7.73. The Kier molecular flexibility index (Phi) is 9.63. The molecule has 0 aliphatic carbocycles. The molecule has 0 radical (unpaired) electrons. The molecule has 0 unspecified atom stereocenters. The van der Waals surface area contributed by atoms with Crippen LogP contribution in [-0.4, -0.2) is 44.7 Å². The van der Waals surface area contributed by atoms with Gasteiger partial charge in [0.15, 0.2) is 23.0 Å². The summed E-state index contributed by atoms with van der Waals surface area (Å²) in [6.07, 6.45) is -0.934. The molecular formula is C25H28O10. The van der Waals surface area contributed by atoms with Crippen molar-refractivity contribution < 1.29 is 47.6 Å². The van der Waals surface area contributed by atoms with E-state index in [1.807, 2.05) is 0 Å². The van der Waals surface area contributed by atoms with E-state index < -0.39 is 35.9 Å². The monoisotopic (exact) mass is 488 g/mol. The van der Waals surface area contributed by atoms with Gasteiger partial charge in [0.25, 0.3) is 0 Å². The Balaban J connectivity index is 2.61. The first-order valence-electron chi connectivity index (χ1n) is 10.6. The van der Waals surface area contributed by atoms with Crippen LogP contribution < -0.4 is 18.9 Å². The van der Waals surface area contributed by atoms with Gasteiger partial charge in [-0.05, 0) is 35.4 Å². The molecule has 2 aromatic rings. The summed E-state index contributed by atoms with van der Waals surface area (Å²) in [5.74, 6) is -1.95. The molecule has 0 N–H and O–H groups in total. The van der Waals surface area contributed by atoms with Crippen LogP contribution in [0.1, 0.15) is 50.8 Å². The fourth-order valence-corrected chi connectivity index (χ4v) is 3.38. The topological polar surface area (TPSA) is 124 Å². The zero-order valence-electron chi connectivity index (χ0n) is 20.4. The van der Waals surface area contributed by atoms with E-state index in [4.69, 9.17) is 28.4 Å². The molecule has 0 amide bonds. The van der Waals surface area contributed by atoms with Gasteiger partial charge in [0.1, 0.15) is 12.7 Å². The molecule has 0 aromatic heterocycles. The van der Waals surface area contributed by atoms with E-state index >= 15 is 0 Å². The van der Waals surface area contributed by atoms with Crippen LogP contribution in [0, 0.1) is 0 Å². The quantitative estimate of drug-likeness (QED) is 0.362. The number of hydrogen-bond acceptors (Lipinski definition) is 10. The van der Waals surface area contributed by atoms with E-state index in [0.717, 1.165) is 0 Å². The van der Waals surface area contributed by atoms with Gasteiger partial charge in [0.05, 0.1) is 20.1 Å². The Hall–Kier alpha value is -4.08. The van der Waals surface area contributed by atoms with E-state index in [9.17, 15) is 19.2 Å². The molecule has 0 saturated heterocycles. The fourth-order valence-electron chi connectivity index (χ4n) is 3.38. The normalized spacial score (nSPS) is 12.1. The van der Waals surface area contributed by atoms with Crippen molar-refractivity contribution in [3.63, 3.8) is 0 Å². The molecule has 0 aliphatic heterocycles. The Morgan fingerprint density at radius 3 is 1.57 bits per heavy atom. The minimum Gasteiger partial charge on any atom is -0.493 e. The lowest BCUT2D eigenvalue weighted by atomic mass is 9.89. The number of esters is 4. The first-order chi connectivity index (χ1) is 16.5. The highest BCUT2D eigenvalue weighted by molar-refractivity contribution is 5.71. The average Bonchev–Trinajstić information content (AvgIpc) is 2.78. The maximum Gasteiger partial charge on any atom is 0.308 e. The minimum atomic E-state index is -0.934. The second-order valence-electron chi connectivity index (χ2n) is 7.45. The van der Waals surface area contributed by atoms with Gasteiger partial charge in [-0.3, -0.25) is 19.2 Å². The number of carbonyl (C=O) groups excluding carboxylic acids is 4. The van der Waals surface area contributed by atoms with Crippen LogP contribution in [0.3, 0.4) is 0 Å². The first kappa shape index (κ1) is 27.2. The molecule has 35 heavy (non-hydrogen) atoms. The van der Waals surface area contributed by atoms with Gasteiger partial charge in [0, 0.05) is 27.7 Å². The highest BCUT2D eigenvalue weighted by atomic mass is 16.6. The van der Waals surface area contributed by atoms with Gasteiger partial charge >= 0.3 is 23.9 Å². The van der Waals surface area contributed by atoms with Crippen molar-refractivity contribution in [2.75, 3.05) is 20.8 Å². The largest absolute Gasteiger partial charge is 0.493 e. The summed E-state index contributed by atoms with van der Waals surface area (Å²) >= 11 is 0. The Morgan fingerprint density at radius 1 is 0.657 bits per heavy atom.